The summed E-state index contributed by atoms with van der Waals surface area (Å²) in [6, 6.07) is 4.15. The highest BCUT2D eigenvalue weighted by atomic mass is 35.5. The van der Waals surface area contributed by atoms with Crippen molar-refractivity contribution in [2.45, 2.75) is 26.8 Å². The van der Waals surface area contributed by atoms with E-state index in [-0.39, 0.29) is 0 Å². The van der Waals surface area contributed by atoms with Gasteiger partial charge in [-0.25, -0.2) is 4.98 Å². The summed E-state index contributed by atoms with van der Waals surface area (Å²) in [6.07, 6.45) is 1.65. The number of nitrogens with zero attached hydrogens (tertiary/aromatic N) is 1. The van der Waals surface area contributed by atoms with E-state index in [2.05, 4.69) is 31.1 Å². The van der Waals surface area contributed by atoms with E-state index in [4.69, 9.17) is 11.6 Å². The van der Waals surface area contributed by atoms with Crippen LogP contribution in [0, 0.1) is 5.92 Å². The van der Waals surface area contributed by atoms with Crippen molar-refractivity contribution in [2.75, 3.05) is 5.32 Å². The highest BCUT2D eigenvalue weighted by Crippen LogP contribution is 2.12. The lowest BCUT2D eigenvalue weighted by molar-refractivity contribution is 0.558. The predicted octanol–water partition coefficient (Wildman–Crippen LogP) is 3.19. The molecule has 0 aliphatic heterocycles. The molecule has 0 aliphatic carbocycles. The summed E-state index contributed by atoms with van der Waals surface area (Å²) >= 11 is 5.72. The van der Waals surface area contributed by atoms with Gasteiger partial charge in [-0.1, -0.05) is 25.4 Å². The average Bonchev–Trinajstić information content (AvgIpc) is 2.08. The summed E-state index contributed by atoms with van der Waals surface area (Å²) in [5.41, 5.74) is 0. The number of hydrogen-bond acceptors (Lipinski definition) is 2. The average molecular weight is 199 g/mol. The first-order valence-corrected chi connectivity index (χ1v) is 4.85. The van der Waals surface area contributed by atoms with Gasteiger partial charge in [0.1, 0.15) is 5.82 Å². The van der Waals surface area contributed by atoms with Crippen LogP contribution in [0.5, 0.6) is 0 Å². The summed E-state index contributed by atoms with van der Waals surface area (Å²) in [7, 11) is 0. The van der Waals surface area contributed by atoms with Gasteiger partial charge >= 0.3 is 0 Å². The van der Waals surface area contributed by atoms with E-state index in [1.54, 1.807) is 6.20 Å². The first kappa shape index (κ1) is 10.3. The van der Waals surface area contributed by atoms with Crippen LogP contribution in [0.15, 0.2) is 18.3 Å². The number of aromatic nitrogens is 1. The number of hydrogen-bond donors (Lipinski definition) is 1. The molecule has 0 saturated heterocycles. The fourth-order valence-corrected chi connectivity index (χ4v) is 0.973. The highest BCUT2D eigenvalue weighted by Gasteiger charge is 2.06. The van der Waals surface area contributed by atoms with Crippen molar-refractivity contribution in [3.05, 3.63) is 23.4 Å². The maximum absolute atomic E-state index is 5.72. The lowest BCUT2D eigenvalue weighted by atomic mass is 10.1. The topological polar surface area (TPSA) is 24.9 Å². The van der Waals surface area contributed by atoms with Crippen LogP contribution in [0.2, 0.25) is 5.02 Å². The second kappa shape index (κ2) is 4.47. The molecule has 1 aromatic rings. The van der Waals surface area contributed by atoms with Gasteiger partial charge in [0.2, 0.25) is 0 Å². The molecule has 1 rings (SSSR count). The third-order valence-electron chi connectivity index (χ3n) is 2.10. The second-order valence-corrected chi connectivity index (χ2v) is 3.98. The smallest absolute Gasteiger partial charge is 0.126 e. The van der Waals surface area contributed by atoms with Gasteiger partial charge in [-0.3, -0.25) is 0 Å². The fraction of sp³-hybridized carbons (Fsp3) is 0.500. The minimum atomic E-state index is 0.425. The Balaban J connectivity index is 2.59. The van der Waals surface area contributed by atoms with Crippen molar-refractivity contribution in [1.29, 1.82) is 0 Å². The van der Waals surface area contributed by atoms with Crippen LogP contribution in [0.25, 0.3) is 0 Å². The van der Waals surface area contributed by atoms with Gasteiger partial charge in [0.05, 0.1) is 5.02 Å². The normalized spacial score (nSPS) is 13.0. The molecule has 0 aliphatic rings. The quantitative estimate of drug-likeness (QED) is 0.807. The standard InChI is InChI=1S/C10H15ClN2/c1-7(2)8(3)13-10-5-4-9(11)6-12-10/h4-8H,1-3H3,(H,12,13). The van der Waals surface area contributed by atoms with Crippen LogP contribution < -0.4 is 5.32 Å². The molecule has 1 aromatic heterocycles. The Kier molecular flexibility index (Phi) is 3.55. The minimum absolute atomic E-state index is 0.425. The van der Waals surface area contributed by atoms with Crippen molar-refractivity contribution < 1.29 is 0 Å². The first-order chi connectivity index (χ1) is 6.09. The zero-order chi connectivity index (χ0) is 9.84. The minimum Gasteiger partial charge on any atom is -0.367 e. The Morgan fingerprint density at radius 2 is 2.00 bits per heavy atom. The van der Waals surface area contributed by atoms with Crippen LogP contribution in [0.1, 0.15) is 20.8 Å². The summed E-state index contributed by atoms with van der Waals surface area (Å²) in [6.45, 7) is 6.49. The van der Waals surface area contributed by atoms with Crippen LogP contribution in [0.3, 0.4) is 0 Å². The van der Waals surface area contributed by atoms with E-state index in [1.807, 2.05) is 12.1 Å². The van der Waals surface area contributed by atoms with E-state index in [0.717, 1.165) is 5.82 Å². The Labute approximate surface area is 84.3 Å². The summed E-state index contributed by atoms with van der Waals surface area (Å²) in [5, 5.41) is 3.97. The predicted molar refractivity (Wildman–Crippen MR) is 57.2 cm³/mol. The molecule has 0 radical (unpaired) electrons. The molecule has 0 fully saturated rings. The molecule has 0 saturated carbocycles. The number of pyridine rings is 1. The Morgan fingerprint density at radius 1 is 1.31 bits per heavy atom. The number of nitrogens with one attached hydrogen (secondary N) is 1. The van der Waals surface area contributed by atoms with Crippen molar-refractivity contribution in [3.63, 3.8) is 0 Å². The number of anilines is 1. The van der Waals surface area contributed by atoms with E-state index in [9.17, 15) is 0 Å². The van der Waals surface area contributed by atoms with Gasteiger partial charge in [0.25, 0.3) is 0 Å². The molecule has 1 N–H and O–H groups in total. The fourth-order valence-electron chi connectivity index (χ4n) is 0.861. The maximum atomic E-state index is 5.72. The zero-order valence-electron chi connectivity index (χ0n) is 8.21. The molecule has 1 atom stereocenters. The van der Waals surface area contributed by atoms with Gasteiger partial charge in [0, 0.05) is 12.2 Å². The Hall–Kier alpha value is -0.760. The highest BCUT2D eigenvalue weighted by molar-refractivity contribution is 6.30. The lowest BCUT2D eigenvalue weighted by Gasteiger charge is -2.17. The summed E-state index contributed by atoms with van der Waals surface area (Å²) in [4.78, 5) is 4.16. The molecule has 13 heavy (non-hydrogen) atoms. The summed E-state index contributed by atoms with van der Waals surface area (Å²) in [5.74, 6) is 1.48. The number of halogens is 1. The zero-order valence-corrected chi connectivity index (χ0v) is 8.97. The van der Waals surface area contributed by atoms with E-state index in [1.165, 1.54) is 0 Å². The second-order valence-electron chi connectivity index (χ2n) is 3.54. The van der Waals surface area contributed by atoms with Gasteiger partial charge in [0.15, 0.2) is 0 Å². The Morgan fingerprint density at radius 3 is 2.46 bits per heavy atom. The molecular formula is C10H15ClN2. The molecule has 1 heterocycles. The van der Waals surface area contributed by atoms with Crippen LogP contribution in [-0.2, 0) is 0 Å². The SMILES string of the molecule is CC(C)C(C)Nc1ccc(Cl)cn1. The van der Waals surface area contributed by atoms with Crippen molar-refractivity contribution in [3.8, 4) is 0 Å². The first-order valence-electron chi connectivity index (χ1n) is 4.47. The van der Waals surface area contributed by atoms with E-state index >= 15 is 0 Å². The van der Waals surface area contributed by atoms with E-state index in [0.29, 0.717) is 17.0 Å². The lowest BCUT2D eigenvalue weighted by Crippen LogP contribution is -2.21. The molecule has 2 nitrogen and oxygen atoms in total. The van der Waals surface area contributed by atoms with Gasteiger partial charge in [-0.2, -0.15) is 0 Å². The van der Waals surface area contributed by atoms with Gasteiger partial charge < -0.3 is 5.32 Å². The monoisotopic (exact) mass is 198 g/mol. The van der Waals surface area contributed by atoms with Crippen LogP contribution in [-0.4, -0.2) is 11.0 Å². The third-order valence-corrected chi connectivity index (χ3v) is 2.33. The van der Waals surface area contributed by atoms with Gasteiger partial charge in [-0.15, -0.1) is 0 Å². The van der Waals surface area contributed by atoms with Gasteiger partial charge in [-0.05, 0) is 25.0 Å². The molecule has 0 amide bonds. The molecule has 72 valence electrons. The van der Waals surface area contributed by atoms with Crippen LogP contribution in [0.4, 0.5) is 5.82 Å². The van der Waals surface area contributed by atoms with Crippen molar-refractivity contribution in [2.24, 2.45) is 5.92 Å². The molecule has 1 unspecified atom stereocenters. The van der Waals surface area contributed by atoms with Crippen molar-refractivity contribution in [1.82, 2.24) is 4.98 Å². The molecule has 0 aromatic carbocycles. The number of rotatable bonds is 3. The Bertz CT molecular complexity index is 256. The van der Waals surface area contributed by atoms with Crippen LogP contribution >= 0.6 is 11.6 Å². The maximum Gasteiger partial charge on any atom is 0.126 e. The van der Waals surface area contributed by atoms with E-state index < -0.39 is 0 Å². The molecule has 3 heteroatoms. The summed E-state index contributed by atoms with van der Waals surface area (Å²) < 4.78 is 0. The third kappa shape index (κ3) is 3.23. The molecule has 0 spiro atoms. The van der Waals surface area contributed by atoms with Crippen molar-refractivity contribution >= 4 is 17.4 Å². The molecule has 0 bridgehead atoms. The molecular weight excluding hydrogens is 184 g/mol. The largest absolute Gasteiger partial charge is 0.367 e.